The summed E-state index contributed by atoms with van der Waals surface area (Å²) >= 11 is 3.53. The summed E-state index contributed by atoms with van der Waals surface area (Å²) in [7, 11) is 1.60. The molecule has 0 amide bonds. The van der Waals surface area contributed by atoms with Crippen LogP contribution in [0.3, 0.4) is 0 Å². The third-order valence-corrected chi connectivity index (χ3v) is 3.94. The van der Waals surface area contributed by atoms with Gasteiger partial charge in [-0.2, -0.15) is 0 Å². The van der Waals surface area contributed by atoms with Crippen molar-refractivity contribution < 1.29 is 13.9 Å². The highest BCUT2D eigenvalue weighted by Crippen LogP contribution is 2.37. The van der Waals surface area contributed by atoms with E-state index in [1.54, 1.807) is 13.2 Å². The van der Waals surface area contributed by atoms with Gasteiger partial charge in [-0.15, -0.1) is 5.10 Å². The Morgan fingerprint density at radius 2 is 1.96 bits per heavy atom. The number of nitrogen functional groups attached to an aromatic ring is 1. The molecule has 2 N–H and O–H groups in total. The quantitative estimate of drug-likeness (QED) is 0.666. The molecule has 1 aromatic heterocycles. The molecule has 128 valence electrons. The normalized spacial score (nSPS) is 11.0. The zero-order chi connectivity index (χ0) is 17.6. The number of aromatic nitrogens is 2. The first-order valence-corrected chi connectivity index (χ1v) is 8.26. The van der Waals surface area contributed by atoms with Crippen LogP contribution in [0, 0.1) is 0 Å². The first-order chi connectivity index (χ1) is 12.2. The number of benzene rings is 2. The number of nitrogens with two attached hydrogens (primary N) is 1. The summed E-state index contributed by atoms with van der Waals surface area (Å²) < 4.78 is 17.3. The molecule has 0 aliphatic heterocycles. The van der Waals surface area contributed by atoms with Crippen LogP contribution in [0.25, 0.3) is 12.2 Å². The van der Waals surface area contributed by atoms with E-state index >= 15 is 0 Å². The van der Waals surface area contributed by atoms with Gasteiger partial charge in [0.2, 0.25) is 5.89 Å². The van der Waals surface area contributed by atoms with Crippen molar-refractivity contribution in [2.24, 2.45) is 0 Å². The number of methoxy groups -OCH3 is 1. The molecule has 0 unspecified atom stereocenters. The van der Waals surface area contributed by atoms with Gasteiger partial charge in [0, 0.05) is 6.08 Å². The number of hydrogen-bond acceptors (Lipinski definition) is 6. The van der Waals surface area contributed by atoms with Crippen LogP contribution in [-0.2, 0) is 6.61 Å². The van der Waals surface area contributed by atoms with Crippen LogP contribution in [0.1, 0.15) is 17.0 Å². The molecule has 0 bridgehead atoms. The van der Waals surface area contributed by atoms with Gasteiger partial charge in [-0.25, -0.2) is 0 Å². The van der Waals surface area contributed by atoms with Crippen molar-refractivity contribution in [2.75, 3.05) is 12.8 Å². The minimum atomic E-state index is 0.0306. The molecule has 7 heteroatoms. The predicted octanol–water partition coefficient (Wildman–Crippen LogP) is 4.17. The molecular weight excluding hydrogens is 386 g/mol. The average Bonchev–Trinajstić information content (AvgIpc) is 3.05. The fourth-order valence-electron chi connectivity index (χ4n) is 2.19. The van der Waals surface area contributed by atoms with Crippen molar-refractivity contribution in [2.45, 2.75) is 6.61 Å². The van der Waals surface area contributed by atoms with E-state index in [-0.39, 0.29) is 6.01 Å². The number of rotatable bonds is 6. The zero-order valence-electron chi connectivity index (χ0n) is 13.5. The molecule has 0 saturated heterocycles. The van der Waals surface area contributed by atoms with Crippen LogP contribution in [0.4, 0.5) is 6.01 Å². The van der Waals surface area contributed by atoms with Crippen molar-refractivity contribution in [3.05, 3.63) is 64.0 Å². The second-order valence-electron chi connectivity index (χ2n) is 5.12. The van der Waals surface area contributed by atoms with Crippen LogP contribution in [0.2, 0.25) is 0 Å². The zero-order valence-corrected chi connectivity index (χ0v) is 15.1. The summed E-state index contributed by atoms with van der Waals surface area (Å²) in [5, 5.41) is 7.38. The van der Waals surface area contributed by atoms with E-state index in [2.05, 4.69) is 26.1 Å². The van der Waals surface area contributed by atoms with Crippen molar-refractivity contribution in [1.29, 1.82) is 0 Å². The standard InChI is InChI=1S/C18H16BrN3O3/c1-23-15-10-13(7-8-16-21-22-18(20)25-16)9-14(19)17(15)24-11-12-5-3-2-4-6-12/h2-10H,11H2,1H3,(H2,20,22)/b8-7+. The highest BCUT2D eigenvalue weighted by atomic mass is 79.9. The van der Waals surface area contributed by atoms with E-state index in [4.69, 9.17) is 19.6 Å². The second kappa shape index (κ2) is 7.85. The highest BCUT2D eigenvalue weighted by Gasteiger charge is 2.11. The van der Waals surface area contributed by atoms with E-state index < -0.39 is 0 Å². The van der Waals surface area contributed by atoms with Crippen LogP contribution in [0.5, 0.6) is 11.5 Å². The van der Waals surface area contributed by atoms with Crippen LogP contribution in [-0.4, -0.2) is 17.3 Å². The molecule has 0 radical (unpaired) electrons. The van der Waals surface area contributed by atoms with Crippen molar-refractivity contribution in [1.82, 2.24) is 10.2 Å². The Hall–Kier alpha value is -2.80. The SMILES string of the molecule is COc1cc(/C=C/c2nnc(N)o2)cc(Br)c1OCc1ccccc1. The predicted molar refractivity (Wildman–Crippen MR) is 99.1 cm³/mol. The molecule has 0 spiro atoms. The topological polar surface area (TPSA) is 83.4 Å². The van der Waals surface area contributed by atoms with Gasteiger partial charge in [0.15, 0.2) is 11.5 Å². The number of halogens is 1. The van der Waals surface area contributed by atoms with Gasteiger partial charge >= 0.3 is 6.01 Å². The van der Waals surface area contributed by atoms with Gasteiger partial charge < -0.3 is 19.6 Å². The number of hydrogen-bond donors (Lipinski definition) is 1. The van der Waals surface area contributed by atoms with E-state index in [0.29, 0.717) is 24.0 Å². The number of nitrogens with zero attached hydrogens (tertiary/aromatic N) is 2. The van der Waals surface area contributed by atoms with Gasteiger partial charge in [0.25, 0.3) is 0 Å². The number of ether oxygens (including phenoxy) is 2. The van der Waals surface area contributed by atoms with Crippen LogP contribution in [0.15, 0.2) is 51.4 Å². The molecule has 1 heterocycles. The Kier molecular flexibility index (Phi) is 5.35. The third-order valence-electron chi connectivity index (χ3n) is 3.35. The minimum Gasteiger partial charge on any atom is -0.493 e. The van der Waals surface area contributed by atoms with Crippen molar-refractivity contribution in [3.8, 4) is 11.5 Å². The van der Waals surface area contributed by atoms with Gasteiger partial charge in [0.1, 0.15) is 6.61 Å². The van der Waals surface area contributed by atoms with Gasteiger partial charge in [0.05, 0.1) is 11.6 Å². The summed E-state index contributed by atoms with van der Waals surface area (Å²) in [6.07, 6.45) is 3.50. The Bertz CT molecular complexity index is 879. The molecule has 0 aliphatic rings. The maximum atomic E-state index is 5.91. The molecule has 0 atom stereocenters. The fourth-order valence-corrected chi connectivity index (χ4v) is 2.76. The third kappa shape index (κ3) is 4.39. The Balaban J connectivity index is 1.79. The molecular formula is C18H16BrN3O3. The first-order valence-electron chi connectivity index (χ1n) is 7.47. The smallest absolute Gasteiger partial charge is 0.313 e. The Morgan fingerprint density at radius 1 is 1.16 bits per heavy atom. The molecule has 3 rings (SSSR count). The monoisotopic (exact) mass is 401 g/mol. The lowest BCUT2D eigenvalue weighted by atomic mass is 10.2. The lowest BCUT2D eigenvalue weighted by Gasteiger charge is -2.13. The molecule has 0 aliphatic carbocycles. The van der Waals surface area contributed by atoms with Gasteiger partial charge in [-0.05, 0) is 45.3 Å². The van der Waals surface area contributed by atoms with Gasteiger partial charge in [-0.1, -0.05) is 35.4 Å². The lowest BCUT2D eigenvalue weighted by molar-refractivity contribution is 0.282. The van der Waals surface area contributed by atoms with Crippen LogP contribution < -0.4 is 15.2 Å². The minimum absolute atomic E-state index is 0.0306. The maximum Gasteiger partial charge on any atom is 0.313 e. The number of anilines is 1. The largest absolute Gasteiger partial charge is 0.493 e. The van der Waals surface area contributed by atoms with E-state index in [1.807, 2.05) is 48.5 Å². The molecule has 3 aromatic rings. The molecule has 0 fully saturated rings. The molecule has 6 nitrogen and oxygen atoms in total. The first kappa shape index (κ1) is 17.0. The lowest BCUT2D eigenvalue weighted by Crippen LogP contribution is -1.98. The van der Waals surface area contributed by atoms with Crippen LogP contribution >= 0.6 is 15.9 Å². The van der Waals surface area contributed by atoms with Crippen molar-refractivity contribution >= 4 is 34.1 Å². The molecule has 0 saturated carbocycles. The Labute approximate surface area is 153 Å². The summed E-state index contributed by atoms with van der Waals surface area (Å²) in [4.78, 5) is 0. The fraction of sp³-hybridized carbons (Fsp3) is 0.111. The van der Waals surface area contributed by atoms with Gasteiger partial charge in [-0.3, -0.25) is 0 Å². The van der Waals surface area contributed by atoms with E-state index in [0.717, 1.165) is 15.6 Å². The highest BCUT2D eigenvalue weighted by molar-refractivity contribution is 9.10. The summed E-state index contributed by atoms with van der Waals surface area (Å²) in [6.45, 7) is 0.451. The molecule has 2 aromatic carbocycles. The Morgan fingerprint density at radius 3 is 2.64 bits per heavy atom. The van der Waals surface area contributed by atoms with E-state index in [9.17, 15) is 0 Å². The summed E-state index contributed by atoms with van der Waals surface area (Å²) in [5.74, 6) is 1.59. The van der Waals surface area contributed by atoms with Crippen molar-refractivity contribution in [3.63, 3.8) is 0 Å². The average molecular weight is 402 g/mol. The summed E-state index contributed by atoms with van der Waals surface area (Å²) in [5.41, 5.74) is 7.36. The molecule has 25 heavy (non-hydrogen) atoms. The maximum absolute atomic E-state index is 5.91. The summed E-state index contributed by atoms with van der Waals surface area (Å²) in [6, 6.07) is 13.7. The van der Waals surface area contributed by atoms with E-state index in [1.165, 1.54) is 0 Å². The second-order valence-corrected chi connectivity index (χ2v) is 5.97.